The van der Waals surface area contributed by atoms with Crippen molar-refractivity contribution in [2.24, 2.45) is 5.84 Å². The minimum absolute atomic E-state index is 0.00807. The topological polar surface area (TPSA) is 131 Å². The first-order chi connectivity index (χ1) is 17.0. The van der Waals surface area contributed by atoms with Crippen LogP contribution in [0.5, 0.6) is 5.75 Å². The number of benzene rings is 2. The van der Waals surface area contributed by atoms with E-state index in [1.807, 2.05) is 38.1 Å². The molecule has 0 saturated heterocycles. The predicted octanol–water partition coefficient (Wildman–Crippen LogP) is 4.32. The van der Waals surface area contributed by atoms with E-state index in [0.29, 0.717) is 23.7 Å². The van der Waals surface area contributed by atoms with Crippen LogP contribution >= 0.6 is 0 Å². The average molecular weight is 499 g/mol. The fraction of sp³-hybridized carbons (Fsp3) is 0.481. The molecule has 1 atom stereocenters. The molecule has 9 heteroatoms. The van der Waals surface area contributed by atoms with Gasteiger partial charge < -0.3 is 30.2 Å². The molecule has 1 aliphatic rings. The fourth-order valence-electron chi connectivity index (χ4n) is 4.88. The molecule has 36 heavy (non-hydrogen) atoms. The number of rotatable bonds is 9. The van der Waals surface area contributed by atoms with Crippen molar-refractivity contribution in [1.82, 2.24) is 4.90 Å². The average Bonchev–Trinajstić information content (AvgIpc) is 3.33. The number of ether oxygens (including phenoxy) is 2. The monoisotopic (exact) mass is 498 g/mol. The number of amides is 1. The standard InChI is InChI=1S/C27H38N4O5/c1-16-10-11-18(12-19(16)15-30(3)27(34)36-20-8-6-7-9-20)22(14-24(32)33)21-13-23(35-5)26(31(4)29)25(28)17(21)2/h10-13,20,22H,6-9,14-15,28-29H2,1-5H3,(H,32,33). The van der Waals surface area contributed by atoms with E-state index in [0.717, 1.165) is 53.5 Å². The molecule has 1 aliphatic carbocycles. The zero-order valence-electron chi connectivity index (χ0n) is 21.8. The van der Waals surface area contributed by atoms with Gasteiger partial charge in [-0.1, -0.05) is 18.2 Å². The van der Waals surface area contributed by atoms with E-state index in [1.165, 1.54) is 12.1 Å². The van der Waals surface area contributed by atoms with E-state index >= 15 is 0 Å². The number of carbonyl (C=O) groups excluding carboxylic acids is 1. The Bertz CT molecular complexity index is 1110. The highest BCUT2D eigenvalue weighted by Gasteiger charge is 2.26. The van der Waals surface area contributed by atoms with Crippen molar-refractivity contribution in [1.29, 1.82) is 0 Å². The summed E-state index contributed by atoms with van der Waals surface area (Å²) in [4.78, 5) is 26.1. The van der Waals surface area contributed by atoms with Gasteiger partial charge >= 0.3 is 12.1 Å². The second kappa shape index (κ2) is 11.5. The summed E-state index contributed by atoms with van der Waals surface area (Å²) in [7, 11) is 4.91. The van der Waals surface area contributed by atoms with E-state index < -0.39 is 11.9 Å². The maximum absolute atomic E-state index is 12.6. The summed E-state index contributed by atoms with van der Waals surface area (Å²) in [5.41, 5.74) is 11.6. The van der Waals surface area contributed by atoms with Crippen molar-refractivity contribution in [3.63, 3.8) is 0 Å². The highest BCUT2D eigenvalue weighted by atomic mass is 16.6. The zero-order valence-corrected chi connectivity index (χ0v) is 21.8. The first kappa shape index (κ1) is 27.1. The number of anilines is 2. The highest BCUT2D eigenvalue weighted by molar-refractivity contribution is 5.80. The third-order valence-electron chi connectivity index (χ3n) is 7.00. The summed E-state index contributed by atoms with van der Waals surface area (Å²) in [6.07, 6.45) is 3.51. The summed E-state index contributed by atoms with van der Waals surface area (Å²) >= 11 is 0. The minimum atomic E-state index is -0.934. The number of hydrogen-bond acceptors (Lipinski definition) is 7. The van der Waals surface area contributed by atoms with Crippen molar-refractivity contribution in [2.45, 2.75) is 64.5 Å². The lowest BCUT2D eigenvalue weighted by Gasteiger charge is -2.26. The number of carboxylic acids is 1. The summed E-state index contributed by atoms with van der Waals surface area (Å²) in [5, 5.41) is 11.1. The lowest BCUT2D eigenvalue weighted by atomic mass is 9.83. The molecule has 1 fully saturated rings. The van der Waals surface area contributed by atoms with Crippen molar-refractivity contribution < 1.29 is 24.2 Å². The van der Waals surface area contributed by atoms with E-state index in [1.54, 1.807) is 19.0 Å². The normalized spacial score (nSPS) is 14.4. The Labute approximate surface area is 212 Å². The van der Waals surface area contributed by atoms with Crippen LogP contribution in [0.25, 0.3) is 0 Å². The van der Waals surface area contributed by atoms with Gasteiger partial charge in [0.2, 0.25) is 0 Å². The summed E-state index contributed by atoms with van der Waals surface area (Å²) in [6.45, 7) is 4.18. The lowest BCUT2D eigenvalue weighted by molar-refractivity contribution is -0.137. The number of nitrogen functional groups attached to an aromatic ring is 1. The molecule has 5 N–H and O–H groups in total. The van der Waals surface area contributed by atoms with Gasteiger partial charge in [0.05, 0.1) is 19.2 Å². The number of aliphatic carboxylic acids is 1. The molecule has 196 valence electrons. The summed E-state index contributed by atoms with van der Waals surface area (Å²) in [6, 6.07) is 7.65. The maximum atomic E-state index is 12.6. The Morgan fingerprint density at radius 3 is 2.42 bits per heavy atom. The summed E-state index contributed by atoms with van der Waals surface area (Å²) in [5.74, 6) is 5.03. The smallest absolute Gasteiger partial charge is 0.410 e. The van der Waals surface area contributed by atoms with Gasteiger partial charge in [-0.05, 0) is 73.4 Å². The highest BCUT2D eigenvalue weighted by Crippen LogP contribution is 2.42. The second-order valence-electron chi connectivity index (χ2n) is 9.65. The van der Waals surface area contributed by atoms with Gasteiger partial charge in [-0.15, -0.1) is 0 Å². The van der Waals surface area contributed by atoms with Crippen LogP contribution in [-0.4, -0.2) is 49.4 Å². The van der Waals surface area contributed by atoms with Crippen LogP contribution in [0, 0.1) is 13.8 Å². The zero-order chi connectivity index (χ0) is 26.6. The minimum Gasteiger partial charge on any atom is -0.494 e. The molecule has 0 radical (unpaired) electrons. The predicted molar refractivity (Wildman–Crippen MR) is 140 cm³/mol. The number of aryl methyl sites for hydroxylation is 1. The van der Waals surface area contributed by atoms with Crippen molar-refractivity contribution >= 4 is 23.4 Å². The van der Waals surface area contributed by atoms with Gasteiger partial charge in [-0.2, -0.15) is 0 Å². The second-order valence-corrected chi connectivity index (χ2v) is 9.65. The molecule has 2 aromatic carbocycles. The summed E-state index contributed by atoms with van der Waals surface area (Å²) < 4.78 is 11.2. The van der Waals surface area contributed by atoms with E-state index in [9.17, 15) is 14.7 Å². The first-order valence-corrected chi connectivity index (χ1v) is 12.2. The molecular weight excluding hydrogens is 460 g/mol. The van der Waals surface area contributed by atoms with Crippen LogP contribution in [0.1, 0.15) is 65.8 Å². The van der Waals surface area contributed by atoms with Crippen molar-refractivity contribution in [3.05, 3.63) is 52.1 Å². The van der Waals surface area contributed by atoms with E-state index in [4.69, 9.17) is 21.1 Å². The van der Waals surface area contributed by atoms with Gasteiger partial charge in [-0.25, -0.2) is 10.6 Å². The Balaban J connectivity index is 1.97. The molecule has 0 bridgehead atoms. The molecule has 0 aromatic heterocycles. The van der Waals surface area contributed by atoms with E-state index in [-0.39, 0.29) is 18.6 Å². The number of hydrogen-bond donors (Lipinski definition) is 3. The number of nitrogens with two attached hydrogens (primary N) is 2. The first-order valence-electron chi connectivity index (χ1n) is 12.2. The number of hydrazine groups is 1. The number of carbonyl (C=O) groups is 2. The van der Waals surface area contributed by atoms with Crippen LogP contribution in [0.2, 0.25) is 0 Å². The largest absolute Gasteiger partial charge is 0.494 e. The Morgan fingerprint density at radius 1 is 1.17 bits per heavy atom. The molecule has 0 heterocycles. The van der Waals surface area contributed by atoms with Crippen LogP contribution < -0.4 is 21.3 Å². The van der Waals surface area contributed by atoms with Crippen LogP contribution in [0.15, 0.2) is 24.3 Å². The lowest BCUT2D eigenvalue weighted by Crippen LogP contribution is -2.30. The van der Waals surface area contributed by atoms with E-state index in [2.05, 4.69) is 0 Å². The third-order valence-corrected chi connectivity index (χ3v) is 7.00. The van der Waals surface area contributed by atoms with Crippen LogP contribution in [-0.2, 0) is 16.1 Å². The van der Waals surface area contributed by atoms with Gasteiger partial charge in [0.1, 0.15) is 17.5 Å². The molecule has 9 nitrogen and oxygen atoms in total. The van der Waals surface area contributed by atoms with Crippen LogP contribution in [0.3, 0.4) is 0 Å². The number of methoxy groups -OCH3 is 1. The number of nitrogens with zero attached hydrogens (tertiary/aromatic N) is 2. The molecule has 2 aromatic rings. The molecule has 0 spiro atoms. The van der Waals surface area contributed by atoms with Crippen molar-refractivity contribution in [2.75, 3.05) is 31.9 Å². The van der Waals surface area contributed by atoms with Gasteiger partial charge in [-0.3, -0.25) is 4.79 Å². The van der Waals surface area contributed by atoms with Gasteiger partial charge in [0.15, 0.2) is 0 Å². The quantitative estimate of drug-likeness (QED) is 0.265. The number of carboxylic acid groups (broad SMARTS) is 1. The Kier molecular flexibility index (Phi) is 8.68. The Hall–Kier alpha value is -3.46. The SMILES string of the molecule is COc1cc(C(CC(=O)O)c2ccc(C)c(CN(C)C(=O)OC3CCCC3)c2)c(C)c(N)c1N(C)N. The fourth-order valence-corrected chi connectivity index (χ4v) is 4.88. The van der Waals surface area contributed by atoms with Crippen LogP contribution in [0.4, 0.5) is 16.2 Å². The third kappa shape index (κ3) is 6.02. The Morgan fingerprint density at radius 2 is 1.83 bits per heavy atom. The van der Waals surface area contributed by atoms with Gasteiger partial charge in [0.25, 0.3) is 0 Å². The van der Waals surface area contributed by atoms with Crippen molar-refractivity contribution in [3.8, 4) is 5.75 Å². The molecule has 1 saturated carbocycles. The molecule has 1 amide bonds. The molecular formula is C27H38N4O5. The molecule has 0 aliphatic heterocycles. The van der Waals surface area contributed by atoms with Gasteiger partial charge in [0, 0.05) is 26.6 Å². The maximum Gasteiger partial charge on any atom is 0.410 e. The molecule has 3 rings (SSSR count). The molecule has 1 unspecified atom stereocenters.